The lowest BCUT2D eigenvalue weighted by Gasteiger charge is -2.05. The highest BCUT2D eigenvalue weighted by Gasteiger charge is 2.09. The Labute approximate surface area is 149 Å². The molecule has 1 amide bonds. The molecule has 8 heteroatoms. The molecular formula is C17H17N5O2S. The minimum atomic E-state index is -0.0516. The van der Waals surface area contributed by atoms with Gasteiger partial charge in [0.25, 0.3) is 5.89 Å². The lowest BCUT2D eigenvalue weighted by molar-refractivity contribution is -0.118. The monoisotopic (exact) mass is 355 g/mol. The van der Waals surface area contributed by atoms with E-state index in [1.54, 1.807) is 18.6 Å². The molecule has 0 spiro atoms. The van der Waals surface area contributed by atoms with Crippen LogP contribution >= 0.6 is 11.8 Å². The average Bonchev–Trinajstić information content (AvgIpc) is 3.15. The van der Waals surface area contributed by atoms with Gasteiger partial charge in [0.05, 0.1) is 16.3 Å². The fourth-order valence-corrected chi connectivity index (χ4v) is 2.67. The molecule has 25 heavy (non-hydrogen) atoms. The standard InChI is InChI=1S/C17H17N5O2S/c1-2-14-21-17(24-22-14)13-5-6-16(20-10-13)25-11-15(23)19-9-12-4-3-7-18-8-12/h3-8,10H,2,9,11H2,1H3,(H,19,23). The largest absolute Gasteiger partial charge is 0.351 e. The summed E-state index contributed by atoms with van der Waals surface area (Å²) in [6.45, 7) is 2.43. The van der Waals surface area contributed by atoms with Crippen LogP contribution in [0.25, 0.3) is 11.5 Å². The number of aromatic nitrogens is 4. The van der Waals surface area contributed by atoms with Crippen molar-refractivity contribution >= 4 is 17.7 Å². The second-order valence-corrected chi connectivity index (χ2v) is 6.18. The predicted octanol–water partition coefficient (Wildman–Crippen LogP) is 2.50. The van der Waals surface area contributed by atoms with Crippen molar-refractivity contribution in [3.8, 4) is 11.5 Å². The van der Waals surface area contributed by atoms with Crippen LogP contribution in [0.1, 0.15) is 18.3 Å². The number of aryl methyl sites for hydroxylation is 1. The Balaban J connectivity index is 1.49. The third-order valence-electron chi connectivity index (χ3n) is 3.33. The molecule has 3 aromatic rings. The van der Waals surface area contributed by atoms with Crippen molar-refractivity contribution in [2.24, 2.45) is 0 Å². The van der Waals surface area contributed by atoms with E-state index in [4.69, 9.17) is 4.52 Å². The number of hydrogen-bond donors (Lipinski definition) is 1. The number of rotatable bonds is 7. The molecule has 0 saturated carbocycles. The summed E-state index contributed by atoms with van der Waals surface area (Å²) in [6.07, 6.45) is 5.82. The molecule has 0 aromatic carbocycles. The molecule has 0 radical (unpaired) electrons. The molecule has 0 atom stereocenters. The minimum Gasteiger partial charge on any atom is -0.351 e. The molecule has 0 aliphatic rings. The first-order valence-electron chi connectivity index (χ1n) is 7.82. The van der Waals surface area contributed by atoms with Crippen molar-refractivity contribution in [3.63, 3.8) is 0 Å². The quantitative estimate of drug-likeness (QED) is 0.651. The van der Waals surface area contributed by atoms with Gasteiger partial charge in [0, 0.05) is 31.6 Å². The summed E-state index contributed by atoms with van der Waals surface area (Å²) in [5.74, 6) is 1.37. The molecule has 0 fully saturated rings. The molecule has 3 aromatic heterocycles. The maximum atomic E-state index is 11.9. The smallest absolute Gasteiger partial charge is 0.259 e. The predicted molar refractivity (Wildman–Crippen MR) is 93.7 cm³/mol. The zero-order valence-corrected chi connectivity index (χ0v) is 14.5. The molecule has 0 unspecified atom stereocenters. The summed E-state index contributed by atoms with van der Waals surface area (Å²) in [4.78, 5) is 24.5. The van der Waals surface area contributed by atoms with Crippen LogP contribution in [0.5, 0.6) is 0 Å². The van der Waals surface area contributed by atoms with E-state index in [2.05, 4.69) is 25.4 Å². The van der Waals surface area contributed by atoms with Crippen LogP contribution in [-0.2, 0) is 17.8 Å². The van der Waals surface area contributed by atoms with Crippen molar-refractivity contribution in [2.45, 2.75) is 24.9 Å². The summed E-state index contributed by atoms with van der Waals surface area (Å²) in [7, 11) is 0. The topological polar surface area (TPSA) is 93.8 Å². The molecule has 0 aliphatic carbocycles. The van der Waals surface area contributed by atoms with Crippen molar-refractivity contribution in [1.82, 2.24) is 25.4 Å². The molecule has 128 valence electrons. The lowest BCUT2D eigenvalue weighted by Crippen LogP contribution is -2.24. The van der Waals surface area contributed by atoms with E-state index in [1.165, 1.54) is 11.8 Å². The Morgan fingerprint density at radius 1 is 1.28 bits per heavy atom. The number of carbonyl (C=O) groups excluding carboxylic acids is 1. The molecular weight excluding hydrogens is 338 g/mol. The first-order chi connectivity index (χ1) is 12.2. The Kier molecular flexibility index (Phi) is 5.73. The Morgan fingerprint density at radius 3 is 2.88 bits per heavy atom. The Hall–Kier alpha value is -2.74. The summed E-state index contributed by atoms with van der Waals surface area (Å²) in [5, 5.41) is 7.48. The van der Waals surface area contributed by atoms with Gasteiger partial charge in [-0.3, -0.25) is 9.78 Å². The van der Waals surface area contributed by atoms with Gasteiger partial charge in [0.15, 0.2) is 5.82 Å². The maximum Gasteiger partial charge on any atom is 0.259 e. The van der Waals surface area contributed by atoms with E-state index in [9.17, 15) is 4.79 Å². The van der Waals surface area contributed by atoms with Gasteiger partial charge in [0.1, 0.15) is 0 Å². The number of thioether (sulfide) groups is 1. The van der Waals surface area contributed by atoms with E-state index < -0.39 is 0 Å². The van der Waals surface area contributed by atoms with Crippen molar-refractivity contribution < 1.29 is 9.32 Å². The summed E-state index contributed by atoms with van der Waals surface area (Å²) in [6, 6.07) is 7.46. The van der Waals surface area contributed by atoms with Gasteiger partial charge in [0.2, 0.25) is 5.91 Å². The van der Waals surface area contributed by atoms with Crippen LogP contribution in [-0.4, -0.2) is 31.8 Å². The summed E-state index contributed by atoms with van der Waals surface area (Å²) >= 11 is 1.37. The molecule has 3 rings (SSSR count). The first kappa shape index (κ1) is 17.1. The second-order valence-electron chi connectivity index (χ2n) is 5.18. The lowest BCUT2D eigenvalue weighted by atomic mass is 10.3. The highest BCUT2D eigenvalue weighted by Crippen LogP contribution is 2.20. The fraction of sp³-hybridized carbons (Fsp3) is 0.235. The van der Waals surface area contributed by atoms with Crippen LogP contribution in [0.3, 0.4) is 0 Å². The van der Waals surface area contributed by atoms with Crippen molar-refractivity contribution in [3.05, 3.63) is 54.2 Å². The second kappa shape index (κ2) is 8.39. The van der Waals surface area contributed by atoms with Gasteiger partial charge >= 0.3 is 0 Å². The van der Waals surface area contributed by atoms with E-state index in [0.29, 0.717) is 24.0 Å². The van der Waals surface area contributed by atoms with Crippen LogP contribution in [0, 0.1) is 0 Å². The van der Waals surface area contributed by atoms with Crippen LogP contribution in [0.2, 0.25) is 0 Å². The van der Waals surface area contributed by atoms with E-state index >= 15 is 0 Å². The van der Waals surface area contributed by atoms with Gasteiger partial charge in [-0.1, -0.05) is 29.9 Å². The molecule has 7 nitrogen and oxygen atoms in total. The first-order valence-corrected chi connectivity index (χ1v) is 8.80. The maximum absolute atomic E-state index is 11.9. The van der Waals surface area contributed by atoms with E-state index in [1.807, 2.05) is 31.2 Å². The molecule has 0 saturated heterocycles. The van der Waals surface area contributed by atoms with Gasteiger partial charge in [-0.25, -0.2) is 4.98 Å². The fourth-order valence-electron chi connectivity index (χ4n) is 2.00. The molecule has 1 N–H and O–H groups in total. The van der Waals surface area contributed by atoms with Crippen LogP contribution in [0.4, 0.5) is 0 Å². The molecule has 3 heterocycles. The zero-order valence-electron chi connectivity index (χ0n) is 13.7. The average molecular weight is 355 g/mol. The van der Waals surface area contributed by atoms with Crippen molar-refractivity contribution in [1.29, 1.82) is 0 Å². The number of pyridine rings is 2. The Bertz CT molecular complexity index is 821. The minimum absolute atomic E-state index is 0.0516. The van der Waals surface area contributed by atoms with Crippen molar-refractivity contribution in [2.75, 3.05) is 5.75 Å². The van der Waals surface area contributed by atoms with E-state index in [-0.39, 0.29) is 5.91 Å². The van der Waals surface area contributed by atoms with E-state index in [0.717, 1.165) is 22.6 Å². The highest BCUT2D eigenvalue weighted by molar-refractivity contribution is 7.99. The Morgan fingerprint density at radius 2 is 2.20 bits per heavy atom. The molecule has 0 bridgehead atoms. The summed E-state index contributed by atoms with van der Waals surface area (Å²) < 4.78 is 5.18. The number of hydrogen-bond acceptors (Lipinski definition) is 7. The number of nitrogens with one attached hydrogen (secondary N) is 1. The van der Waals surface area contributed by atoms with Gasteiger partial charge in [-0.05, 0) is 23.8 Å². The number of carbonyl (C=O) groups is 1. The van der Waals surface area contributed by atoms with Gasteiger partial charge < -0.3 is 9.84 Å². The highest BCUT2D eigenvalue weighted by atomic mass is 32.2. The number of nitrogens with zero attached hydrogens (tertiary/aromatic N) is 4. The zero-order chi connectivity index (χ0) is 17.5. The third-order valence-corrected chi connectivity index (χ3v) is 4.28. The van der Waals surface area contributed by atoms with Gasteiger partial charge in [-0.15, -0.1) is 0 Å². The van der Waals surface area contributed by atoms with Crippen LogP contribution < -0.4 is 5.32 Å². The number of amides is 1. The summed E-state index contributed by atoms with van der Waals surface area (Å²) in [5.41, 5.74) is 1.73. The SMILES string of the molecule is CCc1noc(-c2ccc(SCC(=O)NCc3cccnc3)nc2)n1. The third kappa shape index (κ3) is 4.87. The van der Waals surface area contributed by atoms with Gasteiger partial charge in [-0.2, -0.15) is 4.98 Å². The van der Waals surface area contributed by atoms with Crippen LogP contribution in [0.15, 0.2) is 52.4 Å². The normalized spacial score (nSPS) is 10.6. The molecule has 0 aliphatic heterocycles.